The molecule has 0 aliphatic carbocycles. The van der Waals surface area contributed by atoms with Crippen molar-refractivity contribution in [3.63, 3.8) is 0 Å². The monoisotopic (exact) mass is 347 g/mol. The number of nitrogens with zero attached hydrogens (tertiary/aromatic N) is 2. The van der Waals surface area contributed by atoms with Crippen LogP contribution in [-0.4, -0.2) is 30.4 Å². The molecule has 0 aromatic heterocycles. The van der Waals surface area contributed by atoms with Crippen molar-refractivity contribution in [2.24, 2.45) is 5.92 Å². The fourth-order valence-electron chi connectivity index (χ4n) is 3.59. The van der Waals surface area contributed by atoms with Gasteiger partial charge in [0, 0.05) is 19.5 Å². The molecule has 3 rings (SSSR count). The van der Waals surface area contributed by atoms with Crippen LogP contribution in [0.4, 0.5) is 0 Å². The third-order valence-electron chi connectivity index (χ3n) is 4.97. The first kappa shape index (κ1) is 18.2. The average Bonchev–Trinajstić information content (AvgIpc) is 2.72. The highest BCUT2D eigenvalue weighted by Gasteiger charge is 2.27. The quantitative estimate of drug-likeness (QED) is 0.870. The molecule has 26 heavy (non-hydrogen) atoms. The maximum absolute atomic E-state index is 13.0. The lowest BCUT2D eigenvalue weighted by Gasteiger charge is -2.32. The Morgan fingerprint density at radius 2 is 1.73 bits per heavy atom. The van der Waals surface area contributed by atoms with Crippen LogP contribution in [0.15, 0.2) is 60.7 Å². The third-order valence-corrected chi connectivity index (χ3v) is 4.97. The van der Waals surface area contributed by atoms with Crippen LogP contribution in [0.25, 0.3) is 0 Å². The summed E-state index contributed by atoms with van der Waals surface area (Å²) in [6, 6.07) is 22.2. The summed E-state index contributed by atoms with van der Waals surface area (Å²) in [6.45, 7) is 2.47. The van der Waals surface area contributed by atoms with E-state index < -0.39 is 0 Å². The van der Waals surface area contributed by atoms with Crippen LogP contribution in [0.1, 0.15) is 36.4 Å². The molecule has 1 N–H and O–H groups in total. The molecule has 0 bridgehead atoms. The van der Waals surface area contributed by atoms with Gasteiger partial charge in [-0.3, -0.25) is 4.79 Å². The molecular weight excluding hydrogens is 322 g/mol. The molecule has 2 aromatic rings. The zero-order valence-electron chi connectivity index (χ0n) is 15.0. The molecule has 0 radical (unpaired) electrons. The van der Waals surface area contributed by atoms with Gasteiger partial charge in [0.15, 0.2) is 0 Å². The van der Waals surface area contributed by atoms with E-state index in [-0.39, 0.29) is 17.9 Å². The number of rotatable bonds is 6. The number of nitriles is 1. The van der Waals surface area contributed by atoms with E-state index in [1.165, 1.54) is 0 Å². The lowest BCUT2D eigenvalue weighted by Crippen LogP contribution is -2.44. The Kier molecular flexibility index (Phi) is 6.40. The van der Waals surface area contributed by atoms with Gasteiger partial charge in [-0.05, 0) is 30.5 Å². The van der Waals surface area contributed by atoms with E-state index in [0.717, 1.165) is 43.6 Å². The number of hydrogen-bond donors (Lipinski definition) is 1. The molecule has 1 aliphatic heterocycles. The molecule has 4 nitrogen and oxygen atoms in total. The molecule has 1 saturated heterocycles. The van der Waals surface area contributed by atoms with Gasteiger partial charge in [0.1, 0.15) is 0 Å². The molecule has 134 valence electrons. The molecule has 1 atom stereocenters. The van der Waals surface area contributed by atoms with Crippen LogP contribution in [0.5, 0.6) is 0 Å². The van der Waals surface area contributed by atoms with Crippen LogP contribution in [0.3, 0.4) is 0 Å². The predicted octanol–water partition coefficient (Wildman–Crippen LogP) is 3.52. The second-order valence-electron chi connectivity index (χ2n) is 6.81. The normalized spacial score (nSPS) is 17.6. The van der Waals surface area contributed by atoms with Crippen molar-refractivity contribution >= 4 is 5.91 Å². The lowest BCUT2D eigenvalue weighted by atomic mass is 9.94. The second kappa shape index (κ2) is 9.17. The van der Waals surface area contributed by atoms with Gasteiger partial charge >= 0.3 is 0 Å². The number of carbonyl (C=O) groups is 1. The summed E-state index contributed by atoms with van der Waals surface area (Å²) in [4.78, 5) is 15.2. The minimum Gasteiger partial charge on any atom is -0.345 e. The van der Waals surface area contributed by atoms with E-state index in [2.05, 4.69) is 40.6 Å². The van der Waals surface area contributed by atoms with Gasteiger partial charge in [-0.1, -0.05) is 60.7 Å². The molecule has 1 amide bonds. The van der Waals surface area contributed by atoms with Gasteiger partial charge in [-0.15, -0.1) is 0 Å². The van der Waals surface area contributed by atoms with Crippen LogP contribution >= 0.6 is 0 Å². The molecular formula is C22H25N3O. The van der Waals surface area contributed by atoms with Crippen LogP contribution in [0.2, 0.25) is 0 Å². The average molecular weight is 347 g/mol. The highest BCUT2D eigenvalue weighted by molar-refractivity contribution is 5.80. The third kappa shape index (κ3) is 4.71. The first-order valence-electron chi connectivity index (χ1n) is 9.27. The minimum atomic E-state index is -0.139. The van der Waals surface area contributed by atoms with Crippen molar-refractivity contribution in [1.82, 2.24) is 10.2 Å². The number of carbonyl (C=O) groups excluding carboxylic acids is 1. The Hall–Kier alpha value is -2.64. The van der Waals surface area contributed by atoms with E-state index >= 15 is 0 Å². The van der Waals surface area contributed by atoms with Crippen molar-refractivity contribution in [1.29, 1.82) is 5.26 Å². The SMILES string of the molecule is N#CCCN1CCCC(C(=O)NC(c2ccccc2)c2ccccc2)C1. The standard InChI is InChI=1S/C22H25N3O/c23-14-8-16-25-15-7-13-20(17-25)22(26)24-21(18-9-3-1-4-10-18)19-11-5-2-6-12-19/h1-6,9-12,20-21H,7-8,13,15-17H2,(H,24,26). The predicted molar refractivity (Wildman–Crippen MR) is 102 cm³/mol. The molecule has 2 aromatic carbocycles. The Bertz CT molecular complexity index is 699. The van der Waals surface area contributed by atoms with Crippen LogP contribution in [-0.2, 0) is 4.79 Å². The molecule has 0 saturated carbocycles. The van der Waals surface area contributed by atoms with Gasteiger partial charge in [0.05, 0.1) is 18.0 Å². The number of likely N-dealkylation sites (tertiary alicyclic amines) is 1. The number of benzene rings is 2. The highest BCUT2D eigenvalue weighted by atomic mass is 16.2. The van der Waals surface area contributed by atoms with Crippen LogP contribution < -0.4 is 5.32 Å². The van der Waals surface area contributed by atoms with E-state index in [9.17, 15) is 4.79 Å². The topological polar surface area (TPSA) is 56.1 Å². The summed E-state index contributed by atoms with van der Waals surface area (Å²) in [6.07, 6.45) is 2.43. The highest BCUT2D eigenvalue weighted by Crippen LogP contribution is 2.24. The van der Waals surface area contributed by atoms with Crippen molar-refractivity contribution in [3.8, 4) is 6.07 Å². The molecule has 1 unspecified atom stereocenters. The summed E-state index contributed by atoms with van der Waals surface area (Å²) in [5.74, 6) is 0.0849. The molecule has 1 aliphatic rings. The van der Waals surface area contributed by atoms with Crippen molar-refractivity contribution in [2.45, 2.75) is 25.3 Å². The number of hydrogen-bond acceptors (Lipinski definition) is 3. The van der Waals surface area contributed by atoms with Gasteiger partial charge in [-0.2, -0.15) is 5.26 Å². The van der Waals surface area contributed by atoms with Gasteiger partial charge in [0.2, 0.25) is 5.91 Å². The first-order chi connectivity index (χ1) is 12.8. The van der Waals surface area contributed by atoms with E-state index in [4.69, 9.17) is 5.26 Å². The summed E-state index contributed by atoms with van der Waals surface area (Å²) in [7, 11) is 0. The minimum absolute atomic E-state index is 0.0163. The Morgan fingerprint density at radius 3 is 2.31 bits per heavy atom. The Balaban J connectivity index is 1.72. The van der Waals surface area contributed by atoms with Gasteiger partial charge in [-0.25, -0.2) is 0 Å². The van der Waals surface area contributed by atoms with E-state index in [1.54, 1.807) is 0 Å². The molecule has 1 heterocycles. The summed E-state index contributed by atoms with van der Waals surface area (Å²) in [5.41, 5.74) is 2.17. The lowest BCUT2D eigenvalue weighted by molar-refractivity contribution is -0.127. The molecule has 0 spiro atoms. The van der Waals surface area contributed by atoms with Gasteiger partial charge < -0.3 is 10.2 Å². The maximum atomic E-state index is 13.0. The Labute approximate surface area is 155 Å². The largest absolute Gasteiger partial charge is 0.345 e. The van der Waals surface area contributed by atoms with E-state index in [0.29, 0.717) is 6.42 Å². The smallest absolute Gasteiger partial charge is 0.225 e. The second-order valence-corrected chi connectivity index (χ2v) is 6.81. The molecule has 1 fully saturated rings. The van der Waals surface area contributed by atoms with Gasteiger partial charge in [0.25, 0.3) is 0 Å². The summed E-state index contributed by atoms with van der Waals surface area (Å²) >= 11 is 0. The molecule has 4 heteroatoms. The van der Waals surface area contributed by atoms with Crippen molar-refractivity contribution in [3.05, 3.63) is 71.8 Å². The van der Waals surface area contributed by atoms with Crippen LogP contribution in [0, 0.1) is 17.2 Å². The Morgan fingerprint density at radius 1 is 1.12 bits per heavy atom. The fraction of sp³-hybridized carbons (Fsp3) is 0.364. The fourth-order valence-corrected chi connectivity index (χ4v) is 3.59. The van der Waals surface area contributed by atoms with Crippen molar-refractivity contribution in [2.75, 3.05) is 19.6 Å². The van der Waals surface area contributed by atoms with Crippen molar-refractivity contribution < 1.29 is 4.79 Å². The zero-order valence-corrected chi connectivity index (χ0v) is 15.0. The van der Waals surface area contributed by atoms with E-state index in [1.807, 2.05) is 36.4 Å². The number of amides is 1. The first-order valence-corrected chi connectivity index (χ1v) is 9.27. The number of piperidine rings is 1. The summed E-state index contributed by atoms with van der Waals surface area (Å²) < 4.78 is 0. The maximum Gasteiger partial charge on any atom is 0.225 e. The number of nitrogens with one attached hydrogen (secondary N) is 1. The zero-order chi connectivity index (χ0) is 18.2. The summed E-state index contributed by atoms with van der Waals surface area (Å²) in [5, 5.41) is 12.1.